The number of epoxide rings is 1. The molecule has 3 aliphatic rings. The van der Waals surface area contributed by atoms with Gasteiger partial charge in [-0.05, 0) is 47.9 Å². The molecule has 4 rings (SSSR count). The molecule has 0 spiro atoms. The standard InChI is InChI=1S/C15H18O2/c1-16-9-6-7-12-13(8-9)10-4-2-3-5-11(10)14-15(12)17-14/h6-8,10-11,14-15H,2-5H2,1H3. The Morgan fingerprint density at radius 1 is 1.18 bits per heavy atom. The minimum Gasteiger partial charge on any atom is -0.497 e. The maximum atomic E-state index is 5.91. The normalized spacial score (nSPS) is 37.7. The lowest BCUT2D eigenvalue weighted by molar-refractivity contribution is 0.237. The molecule has 2 fully saturated rings. The summed E-state index contributed by atoms with van der Waals surface area (Å²) in [5.41, 5.74) is 2.94. The fourth-order valence-electron chi connectivity index (χ4n) is 3.90. The molecule has 1 saturated heterocycles. The first-order valence-corrected chi connectivity index (χ1v) is 6.72. The second-order valence-corrected chi connectivity index (χ2v) is 5.57. The summed E-state index contributed by atoms with van der Waals surface area (Å²) in [7, 11) is 1.75. The SMILES string of the molecule is COc1ccc2c(c1)C1CCCCC1C1OC21. The quantitative estimate of drug-likeness (QED) is 0.689. The van der Waals surface area contributed by atoms with Crippen LogP contribution in [0.3, 0.4) is 0 Å². The zero-order valence-electron chi connectivity index (χ0n) is 10.2. The zero-order valence-corrected chi connectivity index (χ0v) is 10.2. The Bertz CT molecular complexity index is 454. The van der Waals surface area contributed by atoms with Crippen molar-refractivity contribution in [3.63, 3.8) is 0 Å². The maximum Gasteiger partial charge on any atom is 0.119 e. The van der Waals surface area contributed by atoms with Crippen LogP contribution in [0.2, 0.25) is 0 Å². The van der Waals surface area contributed by atoms with Gasteiger partial charge in [-0.25, -0.2) is 0 Å². The van der Waals surface area contributed by atoms with Crippen LogP contribution in [0.5, 0.6) is 5.75 Å². The molecule has 4 atom stereocenters. The number of rotatable bonds is 1. The Morgan fingerprint density at radius 3 is 2.94 bits per heavy atom. The highest BCUT2D eigenvalue weighted by atomic mass is 16.6. The van der Waals surface area contributed by atoms with E-state index in [1.165, 1.54) is 36.8 Å². The first kappa shape index (κ1) is 9.95. The highest BCUT2D eigenvalue weighted by Gasteiger charge is 2.54. The fourth-order valence-corrected chi connectivity index (χ4v) is 3.90. The number of hydrogen-bond donors (Lipinski definition) is 0. The third kappa shape index (κ3) is 1.37. The summed E-state index contributed by atoms with van der Waals surface area (Å²) in [4.78, 5) is 0. The predicted octanol–water partition coefficient (Wildman–Crippen LogP) is 3.42. The van der Waals surface area contributed by atoms with Crippen molar-refractivity contribution in [1.29, 1.82) is 0 Å². The summed E-state index contributed by atoms with van der Waals surface area (Å²) in [6.07, 6.45) is 6.36. The van der Waals surface area contributed by atoms with Gasteiger partial charge in [0.15, 0.2) is 0 Å². The molecule has 0 N–H and O–H groups in total. The van der Waals surface area contributed by atoms with Crippen molar-refractivity contribution < 1.29 is 9.47 Å². The summed E-state index contributed by atoms with van der Waals surface area (Å²) >= 11 is 0. The van der Waals surface area contributed by atoms with Gasteiger partial charge in [-0.3, -0.25) is 0 Å². The third-order valence-corrected chi connectivity index (χ3v) is 4.77. The number of fused-ring (bicyclic) bond motifs is 6. The minimum absolute atomic E-state index is 0.398. The third-order valence-electron chi connectivity index (χ3n) is 4.77. The Morgan fingerprint density at radius 2 is 2.06 bits per heavy atom. The average Bonchev–Trinajstić information content (AvgIpc) is 3.19. The van der Waals surface area contributed by atoms with Crippen LogP contribution < -0.4 is 4.74 Å². The van der Waals surface area contributed by atoms with E-state index in [1.807, 2.05) is 0 Å². The molecule has 1 aromatic carbocycles. The van der Waals surface area contributed by atoms with E-state index in [9.17, 15) is 0 Å². The van der Waals surface area contributed by atoms with Gasteiger partial charge in [0.1, 0.15) is 11.9 Å². The Labute approximate surface area is 102 Å². The molecule has 2 aliphatic carbocycles. The highest BCUT2D eigenvalue weighted by Crippen LogP contribution is 2.58. The summed E-state index contributed by atoms with van der Waals surface area (Å²) in [6, 6.07) is 6.53. The molecule has 1 heterocycles. The number of benzene rings is 1. The molecule has 0 radical (unpaired) electrons. The van der Waals surface area contributed by atoms with Crippen LogP contribution >= 0.6 is 0 Å². The van der Waals surface area contributed by atoms with E-state index >= 15 is 0 Å². The second-order valence-electron chi connectivity index (χ2n) is 5.57. The summed E-state index contributed by atoms with van der Waals surface area (Å²) in [5, 5.41) is 0. The van der Waals surface area contributed by atoms with Gasteiger partial charge in [-0.1, -0.05) is 18.9 Å². The molecule has 2 heteroatoms. The molecular formula is C15H18O2. The van der Waals surface area contributed by atoms with Crippen molar-refractivity contribution in [1.82, 2.24) is 0 Å². The van der Waals surface area contributed by atoms with Gasteiger partial charge >= 0.3 is 0 Å². The lowest BCUT2D eigenvalue weighted by Crippen LogP contribution is -2.27. The van der Waals surface area contributed by atoms with Gasteiger partial charge in [0.05, 0.1) is 13.2 Å². The smallest absolute Gasteiger partial charge is 0.119 e. The predicted molar refractivity (Wildman–Crippen MR) is 65.3 cm³/mol. The second kappa shape index (κ2) is 3.49. The summed E-state index contributed by atoms with van der Waals surface area (Å²) < 4.78 is 11.3. The van der Waals surface area contributed by atoms with E-state index in [4.69, 9.17) is 9.47 Å². The molecule has 4 unspecified atom stereocenters. The minimum atomic E-state index is 0.398. The van der Waals surface area contributed by atoms with E-state index < -0.39 is 0 Å². The first-order valence-electron chi connectivity index (χ1n) is 6.72. The molecular weight excluding hydrogens is 212 g/mol. The van der Waals surface area contributed by atoms with Gasteiger partial charge in [0.25, 0.3) is 0 Å². The average molecular weight is 230 g/mol. The van der Waals surface area contributed by atoms with Crippen molar-refractivity contribution in [3.05, 3.63) is 29.3 Å². The maximum absolute atomic E-state index is 5.91. The molecule has 1 saturated carbocycles. The number of ether oxygens (including phenoxy) is 2. The molecule has 2 nitrogen and oxygen atoms in total. The van der Waals surface area contributed by atoms with Crippen LogP contribution in [0.4, 0.5) is 0 Å². The molecule has 0 bridgehead atoms. The molecule has 0 amide bonds. The lowest BCUT2D eigenvalue weighted by Gasteiger charge is -2.35. The Balaban J connectivity index is 1.81. The van der Waals surface area contributed by atoms with Crippen molar-refractivity contribution in [2.75, 3.05) is 7.11 Å². The van der Waals surface area contributed by atoms with Gasteiger partial charge in [-0.2, -0.15) is 0 Å². The molecule has 90 valence electrons. The Hall–Kier alpha value is -1.02. The van der Waals surface area contributed by atoms with Crippen molar-refractivity contribution in [2.45, 2.75) is 43.8 Å². The van der Waals surface area contributed by atoms with Gasteiger partial charge in [0, 0.05) is 0 Å². The van der Waals surface area contributed by atoms with Crippen LogP contribution in [0.1, 0.15) is 48.8 Å². The molecule has 0 aromatic heterocycles. The van der Waals surface area contributed by atoms with E-state index in [0.29, 0.717) is 12.2 Å². The van der Waals surface area contributed by atoms with Crippen LogP contribution in [-0.2, 0) is 4.74 Å². The number of methoxy groups -OCH3 is 1. The van der Waals surface area contributed by atoms with E-state index in [0.717, 1.165) is 17.6 Å². The molecule has 1 aromatic rings. The van der Waals surface area contributed by atoms with Crippen LogP contribution in [0, 0.1) is 5.92 Å². The lowest BCUT2D eigenvalue weighted by atomic mass is 9.68. The van der Waals surface area contributed by atoms with Gasteiger partial charge in [-0.15, -0.1) is 0 Å². The number of hydrogen-bond acceptors (Lipinski definition) is 2. The largest absolute Gasteiger partial charge is 0.497 e. The first-order chi connectivity index (χ1) is 8.38. The van der Waals surface area contributed by atoms with Crippen LogP contribution in [0.15, 0.2) is 18.2 Å². The summed E-state index contributed by atoms with van der Waals surface area (Å²) in [6.45, 7) is 0. The zero-order chi connectivity index (χ0) is 11.4. The fraction of sp³-hybridized carbons (Fsp3) is 0.600. The molecule has 1 aliphatic heterocycles. The van der Waals surface area contributed by atoms with Crippen molar-refractivity contribution in [2.24, 2.45) is 5.92 Å². The Kier molecular flexibility index (Phi) is 2.04. The van der Waals surface area contributed by atoms with Crippen molar-refractivity contribution >= 4 is 0 Å². The topological polar surface area (TPSA) is 21.8 Å². The van der Waals surface area contributed by atoms with Crippen LogP contribution in [-0.4, -0.2) is 13.2 Å². The monoisotopic (exact) mass is 230 g/mol. The van der Waals surface area contributed by atoms with E-state index in [2.05, 4.69) is 18.2 Å². The highest BCUT2D eigenvalue weighted by molar-refractivity contribution is 5.44. The van der Waals surface area contributed by atoms with Gasteiger partial charge < -0.3 is 9.47 Å². The van der Waals surface area contributed by atoms with Crippen LogP contribution in [0.25, 0.3) is 0 Å². The van der Waals surface area contributed by atoms with E-state index in [-0.39, 0.29) is 0 Å². The summed E-state index contributed by atoms with van der Waals surface area (Å²) in [5.74, 6) is 2.48. The molecule has 17 heavy (non-hydrogen) atoms. The van der Waals surface area contributed by atoms with E-state index in [1.54, 1.807) is 7.11 Å². The van der Waals surface area contributed by atoms with Gasteiger partial charge in [0.2, 0.25) is 0 Å². The van der Waals surface area contributed by atoms with Crippen molar-refractivity contribution in [3.8, 4) is 5.75 Å².